The first-order valence-electron chi connectivity index (χ1n) is 7.28. The van der Waals surface area contributed by atoms with Gasteiger partial charge in [0.15, 0.2) is 0 Å². The maximum Gasteiger partial charge on any atom is 0.143 e. The number of hydrogen-bond donors (Lipinski definition) is 1. The van der Waals surface area contributed by atoms with Gasteiger partial charge in [0.05, 0.1) is 12.2 Å². The highest BCUT2D eigenvalue weighted by molar-refractivity contribution is 5.60. The number of hydrogen-bond acceptors (Lipinski definition) is 2. The van der Waals surface area contributed by atoms with Crippen LogP contribution in [0, 0.1) is 13.8 Å². The van der Waals surface area contributed by atoms with Gasteiger partial charge in [-0.2, -0.15) is 0 Å². The van der Waals surface area contributed by atoms with Crippen LogP contribution in [0.25, 0.3) is 0 Å². The molecule has 2 aromatic carbocycles. The van der Waals surface area contributed by atoms with E-state index >= 15 is 0 Å². The minimum atomic E-state index is 0.0925. The van der Waals surface area contributed by atoms with Crippen molar-refractivity contribution in [3.63, 3.8) is 0 Å². The summed E-state index contributed by atoms with van der Waals surface area (Å²) in [5.74, 6) is 0.958. The molecule has 0 amide bonds. The van der Waals surface area contributed by atoms with E-state index in [1.807, 2.05) is 0 Å². The van der Waals surface area contributed by atoms with Gasteiger partial charge in [0, 0.05) is 0 Å². The molecule has 2 aromatic rings. The Balaban J connectivity index is 1.90. The molecule has 1 N–H and O–H groups in total. The molecule has 1 aliphatic heterocycles. The van der Waals surface area contributed by atoms with E-state index < -0.39 is 0 Å². The average Bonchev–Trinajstić information content (AvgIpc) is 2.48. The predicted octanol–water partition coefficient (Wildman–Crippen LogP) is 4.41. The summed E-state index contributed by atoms with van der Waals surface area (Å²) in [4.78, 5) is 0. The Bertz CT molecular complexity index is 633. The molecule has 0 aliphatic carbocycles. The second-order valence-corrected chi connectivity index (χ2v) is 5.53. The van der Waals surface area contributed by atoms with E-state index in [0.29, 0.717) is 0 Å². The lowest BCUT2D eigenvalue weighted by Crippen LogP contribution is -2.24. The van der Waals surface area contributed by atoms with Crippen LogP contribution in [0.4, 0.5) is 5.69 Å². The lowest BCUT2D eigenvalue weighted by molar-refractivity contribution is 0.209. The summed E-state index contributed by atoms with van der Waals surface area (Å²) in [6, 6.07) is 13.0. The summed E-state index contributed by atoms with van der Waals surface area (Å²) in [6.07, 6.45) is 1.14. The second kappa shape index (κ2) is 5.20. The van der Waals surface area contributed by atoms with Crippen molar-refractivity contribution in [2.45, 2.75) is 33.3 Å². The first-order chi connectivity index (χ1) is 9.67. The van der Waals surface area contributed by atoms with Crippen molar-refractivity contribution in [3.05, 3.63) is 58.7 Å². The van der Waals surface area contributed by atoms with Gasteiger partial charge in [-0.1, -0.05) is 36.8 Å². The van der Waals surface area contributed by atoms with E-state index in [4.69, 9.17) is 4.74 Å². The zero-order chi connectivity index (χ0) is 14.1. The molecule has 1 heterocycles. The maximum absolute atomic E-state index is 6.19. The van der Waals surface area contributed by atoms with E-state index in [2.05, 4.69) is 62.5 Å². The van der Waals surface area contributed by atoms with Gasteiger partial charge >= 0.3 is 0 Å². The monoisotopic (exact) mass is 267 g/mol. The topological polar surface area (TPSA) is 21.3 Å². The lowest BCUT2D eigenvalue weighted by atomic mass is 9.99. The number of fused-ring (bicyclic) bond motifs is 1. The van der Waals surface area contributed by atoms with Gasteiger partial charge in [-0.15, -0.1) is 0 Å². The molecule has 3 rings (SSSR count). The number of benzene rings is 2. The molecule has 20 heavy (non-hydrogen) atoms. The molecule has 0 radical (unpaired) electrons. The summed E-state index contributed by atoms with van der Waals surface area (Å²) in [6.45, 7) is 7.27. The van der Waals surface area contributed by atoms with E-state index in [9.17, 15) is 0 Å². The smallest absolute Gasteiger partial charge is 0.143 e. The summed E-state index contributed by atoms with van der Waals surface area (Å²) in [5, 5.41) is 3.51. The molecule has 0 saturated heterocycles. The minimum Gasteiger partial charge on any atom is -0.482 e. The normalized spacial score (nSPS) is 17.1. The number of rotatable bonds is 2. The fourth-order valence-electron chi connectivity index (χ4n) is 2.72. The Labute approximate surface area is 120 Å². The van der Waals surface area contributed by atoms with E-state index in [1.165, 1.54) is 22.3 Å². The molecule has 1 atom stereocenters. The molecule has 2 heteroatoms. The third kappa shape index (κ3) is 2.38. The first kappa shape index (κ1) is 13.0. The Morgan fingerprint density at radius 3 is 2.80 bits per heavy atom. The third-order valence-electron chi connectivity index (χ3n) is 3.98. The van der Waals surface area contributed by atoms with Crippen LogP contribution in [-0.4, -0.2) is 6.54 Å². The largest absolute Gasteiger partial charge is 0.482 e. The van der Waals surface area contributed by atoms with E-state index in [1.54, 1.807) is 0 Å². The van der Waals surface area contributed by atoms with Gasteiger partial charge in [-0.05, 0) is 49.1 Å². The Morgan fingerprint density at radius 2 is 2.00 bits per heavy atom. The molecule has 0 fully saturated rings. The van der Waals surface area contributed by atoms with Gasteiger partial charge in [0.2, 0.25) is 0 Å². The summed E-state index contributed by atoms with van der Waals surface area (Å²) in [5.41, 5.74) is 6.30. The summed E-state index contributed by atoms with van der Waals surface area (Å²) >= 11 is 0. The Morgan fingerprint density at radius 1 is 1.15 bits per heavy atom. The predicted molar refractivity (Wildman–Crippen MR) is 83.6 cm³/mol. The molecule has 104 valence electrons. The van der Waals surface area contributed by atoms with Gasteiger partial charge < -0.3 is 10.1 Å². The van der Waals surface area contributed by atoms with Gasteiger partial charge in [0.25, 0.3) is 0 Å². The Kier molecular flexibility index (Phi) is 3.39. The number of aryl methyl sites for hydroxylation is 3. The number of anilines is 1. The third-order valence-corrected chi connectivity index (χ3v) is 3.98. The highest BCUT2D eigenvalue weighted by Crippen LogP contribution is 2.35. The molecule has 1 aliphatic rings. The zero-order valence-electron chi connectivity index (χ0n) is 12.4. The maximum atomic E-state index is 6.19. The molecule has 0 aromatic heterocycles. The van der Waals surface area contributed by atoms with Crippen LogP contribution in [-0.2, 0) is 6.42 Å². The Hall–Kier alpha value is -1.96. The fraction of sp³-hybridized carbons (Fsp3) is 0.333. The van der Waals surface area contributed by atoms with Crippen LogP contribution in [0.5, 0.6) is 5.75 Å². The van der Waals surface area contributed by atoms with Crippen LogP contribution in [0.2, 0.25) is 0 Å². The van der Waals surface area contributed by atoms with Crippen molar-refractivity contribution < 1.29 is 4.74 Å². The SMILES string of the molecule is CCc1ccc2c(c1)NCC(c1cc(C)ccc1C)O2. The van der Waals surface area contributed by atoms with Gasteiger partial charge in [-0.25, -0.2) is 0 Å². The summed E-state index contributed by atoms with van der Waals surface area (Å²) in [7, 11) is 0. The molecule has 0 bridgehead atoms. The molecule has 1 unspecified atom stereocenters. The second-order valence-electron chi connectivity index (χ2n) is 5.53. The van der Waals surface area contributed by atoms with Crippen LogP contribution < -0.4 is 10.1 Å². The van der Waals surface area contributed by atoms with Gasteiger partial charge in [-0.3, -0.25) is 0 Å². The highest BCUT2D eigenvalue weighted by Gasteiger charge is 2.22. The minimum absolute atomic E-state index is 0.0925. The highest BCUT2D eigenvalue weighted by atomic mass is 16.5. The van der Waals surface area contributed by atoms with Crippen molar-refractivity contribution in [2.75, 3.05) is 11.9 Å². The number of nitrogens with one attached hydrogen (secondary N) is 1. The van der Waals surface area contributed by atoms with Crippen molar-refractivity contribution in [1.29, 1.82) is 0 Å². The van der Waals surface area contributed by atoms with Crippen molar-refractivity contribution in [3.8, 4) is 5.75 Å². The zero-order valence-corrected chi connectivity index (χ0v) is 12.4. The molecule has 2 nitrogen and oxygen atoms in total. The van der Waals surface area contributed by atoms with Crippen molar-refractivity contribution in [1.82, 2.24) is 0 Å². The van der Waals surface area contributed by atoms with E-state index in [0.717, 1.165) is 24.4 Å². The lowest BCUT2D eigenvalue weighted by Gasteiger charge is -2.29. The van der Waals surface area contributed by atoms with Crippen molar-refractivity contribution >= 4 is 5.69 Å². The van der Waals surface area contributed by atoms with Crippen LogP contribution in [0.1, 0.15) is 35.3 Å². The number of ether oxygens (including phenoxy) is 1. The van der Waals surface area contributed by atoms with Crippen LogP contribution in [0.15, 0.2) is 36.4 Å². The molecule has 0 spiro atoms. The molecule has 0 saturated carbocycles. The van der Waals surface area contributed by atoms with Crippen molar-refractivity contribution in [2.24, 2.45) is 0 Å². The first-order valence-corrected chi connectivity index (χ1v) is 7.28. The average molecular weight is 267 g/mol. The van der Waals surface area contributed by atoms with E-state index in [-0.39, 0.29) is 6.10 Å². The molecular weight excluding hydrogens is 246 g/mol. The fourth-order valence-corrected chi connectivity index (χ4v) is 2.72. The molecular formula is C18H21NO. The van der Waals surface area contributed by atoms with Crippen LogP contribution in [0.3, 0.4) is 0 Å². The van der Waals surface area contributed by atoms with Crippen LogP contribution >= 0.6 is 0 Å². The summed E-state index contributed by atoms with van der Waals surface area (Å²) < 4.78 is 6.19. The standard InChI is InChI=1S/C18H21NO/c1-4-14-7-8-17-16(10-14)19-11-18(20-17)15-9-12(2)5-6-13(15)3/h5-10,18-19H,4,11H2,1-3H3. The van der Waals surface area contributed by atoms with Gasteiger partial charge in [0.1, 0.15) is 11.9 Å². The quantitative estimate of drug-likeness (QED) is 0.870.